The van der Waals surface area contributed by atoms with Crippen LogP contribution in [0.2, 0.25) is 0 Å². The van der Waals surface area contributed by atoms with Crippen LogP contribution in [0.1, 0.15) is 11.5 Å². The second kappa shape index (κ2) is 6.53. The number of aromatic nitrogens is 1. The number of nitrogens with zero attached hydrogens (tertiary/aromatic N) is 1. The fraction of sp³-hybridized carbons (Fsp3) is 0.667. The highest BCUT2D eigenvalue weighted by molar-refractivity contribution is 5.03. The maximum atomic E-state index is 5.33. The van der Waals surface area contributed by atoms with Gasteiger partial charge in [0.05, 0.1) is 13.2 Å². The van der Waals surface area contributed by atoms with Crippen molar-refractivity contribution in [2.24, 2.45) is 0 Å². The number of hydrogen-bond donors (Lipinski definition) is 1. The molecule has 0 aliphatic heterocycles. The summed E-state index contributed by atoms with van der Waals surface area (Å²) < 4.78 is 15.2. The van der Waals surface area contributed by atoms with Gasteiger partial charge in [-0.15, -0.1) is 0 Å². The van der Waals surface area contributed by atoms with Crippen LogP contribution in [-0.2, 0) is 22.7 Å². The van der Waals surface area contributed by atoms with E-state index in [2.05, 4.69) is 10.5 Å². The number of rotatable bonds is 7. The summed E-state index contributed by atoms with van der Waals surface area (Å²) in [5.74, 6) is 0.722. The van der Waals surface area contributed by atoms with Crippen LogP contribution in [0, 0.1) is 0 Å². The highest BCUT2D eigenvalue weighted by atomic mass is 16.5. The number of methoxy groups -OCH3 is 1. The third-order valence-corrected chi connectivity index (χ3v) is 1.64. The van der Waals surface area contributed by atoms with E-state index in [1.165, 1.54) is 0 Å². The number of hydrogen-bond acceptors (Lipinski definition) is 5. The van der Waals surface area contributed by atoms with Gasteiger partial charge in [0.1, 0.15) is 12.3 Å². The van der Waals surface area contributed by atoms with E-state index >= 15 is 0 Å². The largest absolute Gasteiger partial charge is 0.377 e. The summed E-state index contributed by atoms with van der Waals surface area (Å²) >= 11 is 0. The fourth-order valence-corrected chi connectivity index (χ4v) is 0.985. The molecular formula is C9H16N2O3. The highest BCUT2D eigenvalue weighted by Crippen LogP contribution is 2.05. The normalized spacial score (nSPS) is 10.7. The molecule has 80 valence electrons. The van der Waals surface area contributed by atoms with E-state index in [1.54, 1.807) is 7.11 Å². The second-order valence-corrected chi connectivity index (χ2v) is 2.87. The summed E-state index contributed by atoms with van der Waals surface area (Å²) in [5, 5.41) is 6.82. The molecule has 0 saturated heterocycles. The standard InChI is InChI=1S/C9H16N2O3/c1-10-3-4-13-6-8-5-9(7-12-2)14-11-8/h5,10H,3-4,6-7H2,1-2H3. The number of nitrogens with one attached hydrogen (secondary N) is 1. The summed E-state index contributed by atoms with van der Waals surface area (Å²) in [5.41, 5.74) is 0.799. The molecule has 0 bridgehead atoms. The van der Waals surface area contributed by atoms with E-state index in [0.29, 0.717) is 19.8 Å². The molecule has 0 aromatic carbocycles. The van der Waals surface area contributed by atoms with Gasteiger partial charge in [-0.05, 0) is 7.05 Å². The van der Waals surface area contributed by atoms with Gasteiger partial charge in [-0.25, -0.2) is 0 Å². The molecule has 1 aromatic rings. The third-order valence-electron chi connectivity index (χ3n) is 1.64. The molecule has 0 fully saturated rings. The van der Waals surface area contributed by atoms with E-state index in [1.807, 2.05) is 13.1 Å². The first-order chi connectivity index (χ1) is 6.86. The van der Waals surface area contributed by atoms with Gasteiger partial charge in [0, 0.05) is 19.7 Å². The van der Waals surface area contributed by atoms with Gasteiger partial charge in [0.25, 0.3) is 0 Å². The Balaban J connectivity index is 2.22. The average molecular weight is 200 g/mol. The molecule has 5 heteroatoms. The molecule has 0 radical (unpaired) electrons. The van der Waals surface area contributed by atoms with E-state index in [-0.39, 0.29) is 0 Å². The van der Waals surface area contributed by atoms with Crippen LogP contribution in [0.5, 0.6) is 0 Å². The molecule has 0 atom stereocenters. The summed E-state index contributed by atoms with van der Waals surface area (Å²) in [6.07, 6.45) is 0. The number of ether oxygens (including phenoxy) is 2. The lowest BCUT2D eigenvalue weighted by Gasteiger charge is -1.99. The van der Waals surface area contributed by atoms with Gasteiger partial charge in [0.15, 0.2) is 5.76 Å². The van der Waals surface area contributed by atoms with E-state index < -0.39 is 0 Å². The van der Waals surface area contributed by atoms with E-state index in [4.69, 9.17) is 14.0 Å². The zero-order valence-electron chi connectivity index (χ0n) is 8.58. The molecule has 1 aromatic heterocycles. The molecule has 0 spiro atoms. The van der Waals surface area contributed by atoms with Crippen molar-refractivity contribution < 1.29 is 14.0 Å². The molecule has 1 heterocycles. The van der Waals surface area contributed by atoms with Crippen molar-refractivity contribution >= 4 is 0 Å². The lowest BCUT2D eigenvalue weighted by atomic mass is 10.4. The van der Waals surface area contributed by atoms with Gasteiger partial charge >= 0.3 is 0 Å². The Morgan fingerprint density at radius 3 is 3.07 bits per heavy atom. The van der Waals surface area contributed by atoms with Crippen molar-refractivity contribution in [3.8, 4) is 0 Å². The van der Waals surface area contributed by atoms with Crippen LogP contribution < -0.4 is 5.32 Å². The summed E-state index contributed by atoms with van der Waals surface area (Å²) in [7, 11) is 3.50. The molecule has 1 N–H and O–H groups in total. The Morgan fingerprint density at radius 2 is 2.36 bits per heavy atom. The SMILES string of the molecule is CNCCOCc1cc(COC)on1. The first kappa shape index (κ1) is 11.2. The first-order valence-corrected chi connectivity index (χ1v) is 4.52. The van der Waals surface area contributed by atoms with Gasteiger partial charge in [0.2, 0.25) is 0 Å². The predicted molar refractivity (Wildman–Crippen MR) is 50.8 cm³/mol. The smallest absolute Gasteiger partial charge is 0.162 e. The molecule has 5 nitrogen and oxygen atoms in total. The quantitative estimate of drug-likeness (QED) is 0.652. The fourth-order valence-electron chi connectivity index (χ4n) is 0.985. The molecule has 1 rings (SSSR count). The van der Waals surface area contributed by atoms with E-state index in [0.717, 1.165) is 18.0 Å². The van der Waals surface area contributed by atoms with Gasteiger partial charge in [-0.3, -0.25) is 0 Å². The van der Waals surface area contributed by atoms with Crippen molar-refractivity contribution in [2.45, 2.75) is 13.2 Å². The van der Waals surface area contributed by atoms with Crippen LogP contribution in [0.4, 0.5) is 0 Å². The summed E-state index contributed by atoms with van der Waals surface area (Å²) in [6, 6.07) is 1.84. The summed E-state index contributed by atoms with van der Waals surface area (Å²) in [6.45, 7) is 2.43. The zero-order chi connectivity index (χ0) is 10.2. The number of likely N-dealkylation sites (N-methyl/N-ethyl adjacent to an activating group) is 1. The zero-order valence-corrected chi connectivity index (χ0v) is 8.58. The monoisotopic (exact) mass is 200 g/mol. The minimum atomic E-state index is 0.448. The lowest BCUT2D eigenvalue weighted by Crippen LogP contribution is -2.14. The Hall–Kier alpha value is -0.910. The molecular weight excluding hydrogens is 184 g/mol. The molecule has 14 heavy (non-hydrogen) atoms. The van der Waals surface area contributed by atoms with Crippen LogP contribution in [0.15, 0.2) is 10.6 Å². The van der Waals surface area contributed by atoms with E-state index in [9.17, 15) is 0 Å². The van der Waals surface area contributed by atoms with Crippen LogP contribution in [0.25, 0.3) is 0 Å². The van der Waals surface area contributed by atoms with Gasteiger partial charge < -0.3 is 19.3 Å². The Morgan fingerprint density at radius 1 is 1.50 bits per heavy atom. The second-order valence-electron chi connectivity index (χ2n) is 2.87. The molecule has 0 unspecified atom stereocenters. The average Bonchev–Trinajstić information content (AvgIpc) is 2.61. The van der Waals surface area contributed by atoms with Gasteiger partial charge in [-0.2, -0.15) is 0 Å². The Bertz CT molecular complexity index is 250. The van der Waals surface area contributed by atoms with Crippen LogP contribution in [0.3, 0.4) is 0 Å². The van der Waals surface area contributed by atoms with Crippen molar-refractivity contribution in [1.82, 2.24) is 10.5 Å². The topological polar surface area (TPSA) is 56.5 Å². The molecule has 0 saturated carbocycles. The molecule has 0 amide bonds. The maximum absolute atomic E-state index is 5.33. The lowest BCUT2D eigenvalue weighted by molar-refractivity contribution is 0.118. The van der Waals surface area contributed by atoms with Crippen molar-refractivity contribution in [3.05, 3.63) is 17.5 Å². The first-order valence-electron chi connectivity index (χ1n) is 4.52. The highest BCUT2D eigenvalue weighted by Gasteiger charge is 2.02. The maximum Gasteiger partial charge on any atom is 0.162 e. The van der Waals surface area contributed by atoms with Crippen molar-refractivity contribution in [3.63, 3.8) is 0 Å². The van der Waals surface area contributed by atoms with Gasteiger partial charge in [-0.1, -0.05) is 5.16 Å². The molecule has 0 aliphatic carbocycles. The third kappa shape index (κ3) is 3.87. The minimum absolute atomic E-state index is 0.448. The van der Waals surface area contributed by atoms with Crippen molar-refractivity contribution in [1.29, 1.82) is 0 Å². The molecule has 0 aliphatic rings. The Labute approximate surface area is 83.4 Å². The predicted octanol–water partition coefficient (Wildman–Crippen LogP) is 0.557. The summed E-state index contributed by atoms with van der Waals surface area (Å²) in [4.78, 5) is 0. The van der Waals surface area contributed by atoms with Crippen LogP contribution in [-0.4, -0.2) is 32.5 Å². The Kier molecular flexibility index (Phi) is 5.21. The van der Waals surface area contributed by atoms with Crippen molar-refractivity contribution in [2.75, 3.05) is 27.3 Å². The van der Waals surface area contributed by atoms with Crippen LogP contribution >= 0.6 is 0 Å². The minimum Gasteiger partial charge on any atom is -0.377 e.